The maximum atomic E-state index is 12.4. The van der Waals surface area contributed by atoms with Crippen LogP contribution in [0.3, 0.4) is 0 Å². The molecule has 3 atom stereocenters. The number of carbonyl (C=O) groups is 1. The first-order valence-corrected chi connectivity index (χ1v) is 8.24. The third-order valence-electron chi connectivity index (χ3n) is 5.28. The SMILES string of the molecule is COc1cc(NC(=O)C[C@@H]2C[C@H]3CC[C@H]2C3)cc(OC)c1OC. The number of benzene rings is 1. The van der Waals surface area contributed by atoms with E-state index in [4.69, 9.17) is 14.2 Å². The first kappa shape index (κ1) is 16.0. The topological polar surface area (TPSA) is 56.8 Å². The van der Waals surface area contributed by atoms with Crippen LogP contribution in [0.15, 0.2) is 12.1 Å². The van der Waals surface area contributed by atoms with Crippen molar-refractivity contribution < 1.29 is 19.0 Å². The Hall–Kier alpha value is -1.91. The molecule has 1 amide bonds. The Balaban J connectivity index is 1.68. The summed E-state index contributed by atoms with van der Waals surface area (Å²) in [6.45, 7) is 0. The smallest absolute Gasteiger partial charge is 0.224 e. The van der Waals surface area contributed by atoms with Gasteiger partial charge in [-0.1, -0.05) is 6.42 Å². The van der Waals surface area contributed by atoms with E-state index in [0.717, 1.165) is 11.8 Å². The van der Waals surface area contributed by atoms with Crippen LogP contribution in [0.1, 0.15) is 32.1 Å². The van der Waals surface area contributed by atoms with Crippen LogP contribution in [-0.2, 0) is 4.79 Å². The van der Waals surface area contributed by atoms with E-state index in [2.05, 4.69) is 5.32 Å². The van der Waals surface area contributed by atoms with Crippen LogP contribution in [0.2, 0.25) is 0 Å². The average Bonchev–Trinajstić information content (AvgIpc) is 3.16. The third-order valence-corrected chi connectivity index (χ3v) is 5.28. The Morgan fingerprint density at radius 2 is 1.78 bits per heavy atom. The Morgan fingerprint density at radius 3 is 2.26 bits per heavy atom. The Bertz CT molecular complexity index is 561. The van der Waals surface area contributed by atoms with Crippen LogP contribution in [0.5, 0.6) is 17.2 Å². The van der Waals surface area contributed by atoms with Crippen molar-refractivity contribution in [2.45, 2.75) is 32.1 Å². The zero-order valence-corrected chi connectivity index (χ0v) is 14.1. The summed E-state index contributed by atoms with van der Waals surface area (Å²) < 4.78 is 15.9. The van der Waals surface area contributed by atoms with Gasteiger partial charge in [-0.15, -0.1) is 0 Å². The van der Waals surface area contributed by atoms with Gasteiger partial charge in [0.05, 0.1) is 21.3 Å². The van der Waals surface area contributed by atoms with E-state index in [1.807, 2.05) is 0 Å². The van der Waals surface area contributed by atoms with E-state index in [1.165, 1.54) is 25.7 Å². The van der Waals surface area contributed by atoms with Gasteiger partial charge in [0.2, 0.25) is 11.7 Å². The lowest BCUT2D eigenvalue weighted by molar-refractivity contribution is -0.117. The van der Waals surface area contributed by atoms with E-state index in [9.17, 15) is 4.79 Å². The van der Waals surface area contributed by atoms with Crippen molar-refractivity contribution in [2.24, 2.45) is 17.8 Å². The number of nitrogens with one attached hydrogen (secondary N) is 1. The van der Waals surface area contributed by atoms with Crippen molar-refractivity contribution in [3.63, 3.8) is 0 Å². The third kappa shape index (κ3) is 3.23. The van der Waals surface area contributed by atoms with Gasteiger partial charge in [-0.2, -0.15) is 0 Å². The second-order valence-corrected chi connectivity index (χ2v) is 6.60. The van der Waals surface area contributed by atoms with Crippen LogP contribution in [0.4, 0.5) is 5.69 Å². The maximum absolute atomic E-state index is 12.4. The molecule has 0 radical (unpaired) electrons. The number of anilines is 1. The van der Waals surface area contributed by atoms with Crippen LogP contribution in [-0.4, -0.2) is 27.2 Å². The van der Waals surface area contributed by atoms with Crippen LogP contribution >= 0.6 is 0 Å². The summed E-state index contributed by atoms with van der Waals surface area (Å²) in [7, 11) is 4.70. The summed E-state index contributed by atoms with van der Waals surface area (Å²) in [4.78, 5) is 12.4. The largest absolute Gasteiger partial charge is 0.493 e. The number of ether oxygens (including phenoxy) is 3. The predicted octanol–water partition coefficient (Wildman–Crippen LogP) is 3.48. The molecule has 2 fully saturated rings. The number of hydrogen-bond acceptors (Lipinski definition) is 4. The van der Waals surface area contributed by atoms with Crippen molar-refractivity contribution in [1.29, 1.82) is 0 Å². The summed E-state index contributed by atoms with van der Waals surface area (Å²) in [5.74, 6) is 3.85. The Kier molecular flexibility index (Phi) is 4.64. The molecule has 2 aliphatic carbocycles. The zero-order valence-electron chi connectivity index (χ0n) is 14.1. The van der Waals surface area contributed by atoms with E-state index in [1.54, 1.807) is 33.5 Å². The predicted molar refractivity (Wildman–Crippen MR) is 88.3 cm³/mol. The fourth-order valence-corrected chi connectivity index (χ4v) is 4.23. The fraction of sp³-hybridized carbons (Fsp3) is 0.611. The van der Waals surface area contributed by atoms with Gasteiger partial charge in [0.1, 0.15) is 0 Å². The lowest BCUT2D eigenvalue weighted by atomic mass is 9.86. The molecule has 126 valence electrons. The minimum atomic E-state index is 0.0665. The highest BCUT2D eigenvalue weighted by atomic mass is 16.5. The number of fused-ring (bicyclic) bond motifs is 2. The first-order valence-electron chi connectivity index (χ1n) is 8.24. The van der Waals surface area contributed by atoms with Crippen LogP contribution < -0.4 is 19.5 Å². The van der Waals surface area contributed by atoms with E-state index in [-0.39, 0.29) is 5.91 Å². The van der Waals surface area contributed by atoms with Gasteiger partial charge >= 0.3 is 0 Å². The number of methoxy groups -OCH3 is 3. The lowest BCUT2D eigenvalue weighted by Crippen LogP contribution is -2.20. The molecule has 0 aliphatic heterocycles. The monoisotopic (exact) mass is 319 g/mol. The van der Waals surface area contributed by atoms with Gasteiger partial charge < -0.3 is 19.5 Å². The first-order chi connectivity index (χ1) is 11.1. The number of hydrogen-bond donors (Lipinski definition) is 1. The summed E-state index contributed by atoms with van der Waals surface area (Å²) in [6, 6.07) is 3.53. The van der Waals surface area contributed by atoms with Crippen molar-refractivity contribution in [1.82, 2.24) is 0 Å². The van der Waals surface area contributed by atoms with Crippen molar-refractivity contribution in [3.8, 4) is 17.2 Å². The standard InChI is InChI=1S/C18H25NO4/c1-21-15-9-14(10-16(22-2)18(15)23-3)19-17(20)8-13-7-11-4-5-12(13)6-11/h9-13H,4-8H2,1-3H3,(H,19,20)/t11-,12-,13-/m0/s1. The highest BCUT2D eigenvalue weighted by Crippen LogP contribution is 2.49. The lowest BCUT2D eigenvalue weighted by Gasteiger charge is -2.21. The summed E-state index contributed by atoms with van der Waals surface area (Å²) >= 11 is 0. The molecule has 0 heterocycles. The molecule has 23 heavy (non-hydrogen) atoms. The molecule has 1 aromatic carbocycles. The highest BCUT2D eigenvalue weighted by molar-refractivity contribution is 5.91. The molecule has 2 bridgehead atoms. The molecule has 0 aromatic heterocycles. The quantitative estimate of drug-likeness (QED) is 0.872. The molecule has 0 spiro atoms. The minimum Gasteiger partial charge on any atom is -0.493 e. The Labute approximate surface area is 137 Å². The molecule has 0 saturated heterocycles. The van der Waals surface area contributed by atoms with Gasteiger partial charge in [-0.3, -0.25) is 4.79 Å². The van der Waals surface area contributed by atoms with Crippen molar-refractivity contribution >= 4 is 11.6 Å². The van der Waals surface area contributed by atoms with Gasteiger partial charge in [0, 0.05) is 24.2 Å². The van der Waals surface area contributed by atoms with Gasteiger partial charge in [0.25, 0.3) is 0 Å². The molecule has 5 nitrogen and oxygen atoms in total. The van der Waals surface area contributed by atoms with Gasteiger partial charge in [-0.25, -0.2) is 0 Å². The highest BCUT2D eigenvalue weighted by Gasteiger charge is 2.40. The summed E-state index contributed by atoms with van der Waals surface area (Å²) in [6.07, 6.45) is 5.80. The number of amides is 1. The fourth-order valence-electron chi connectivity index (χ4n) is 4.23. The molecule has 1 N–H and O–H groups in total. The molecule has 3 rings (SSSR count). The van der Waals surface area contributed by atoms with Crippen molar-refractivity contribution in [2.75, 3.05) is 26.6 Å². The second-order valence-electron chi connectivity index (χ2n) is 6.60. The molecule has 0 unspecified atom stereocenters. The molecule has 2 aliphatic rings. The molecular weight excluding hydrogens is 294 g/mol. The van der Waals surface area contributed by atoms with E-state index in [0.29, 0.717) is 35.3 Å². The van der Waals surface area contributed by atoms with E-state index < -0.39 is 0 Å². The van der Waals surface area contributed by atoms with Crippen molar-refractivity contribution in [3.05, 3.63) is 12.1 Å². The summed E-state index contributed by atoms with van der Waals surface area (Å²) in [5, 5.41) is 2.97. The van der Waals surface area contributed by atoms with E-state index >= 15 is 0 Å². The van der Waals surface area contributed by atoms with Gasteiger partial charge in [0.15, 0.2) is 11.5 Å². The van der Waals surface area contributed by atoms with Gasteiger partial charge in [-0.05, 0) is 37.0 Å². The molecule has 5 heteroatoms. The number of rotatable bonds is 6. The Morgan fingerprint density at radius 1 is 1.09 bits per heavy atom. The summed E-state index contributed by atoms with van der Waals surface area (Å²) in [5.41, 5.74) is 0.674. The molecule has 2 saturated carbocycles. The molecule has 1 aromatic rings. The van der Waals surface area contributed by atoms with Crippen LogP contribution in [0.25, 0.3) is 0 Å². The normalized spacial score (nSPS) is 25.3. The second kappa shape index (κ2) is 6.69. The zero-order chi connectivity index (χ0) is 16.4. The number of carbonyl (C=O) groups excluding carboxylic acids is 1. The molecular formula is C18H25NO4. The minimum absolute atomic E-state index is 0.0665. The van der Waals surface area contributed by atoms with Crippen LogP contribution in [0, 0.1) is 17.8 Å². The maximum Gasteiger partial charge on any atom is 0.224 e. The average molecular weight is 319 g/mol.